The fourth-order valence-electron chi connectivity index (χ4n) is 2.58. The molecule has 3 rings (SSSR count). The standard InChI is InChI=1S/C19H20N4O4S2/c1-4-14(17(25)26)27-13-8-6-7-12(9-13)10-15-16(24)23(5-2)19(29-15)20-18-22-21-11(3)28-18/h6-10,14H,4-5H2,1-3H3,(H,25,26)/b15-10+,20-19+. The minimum absolute atomic E-state index is 0.138. The van der Waals surface area contributed by atoms with Gasteiger partial charge in [0.25, 0.3) is 5.91 Å². The van der Waals surface area contributed by atoms with Crippen LogP contribution in [0.15, 0.2) is 34.2 Å². The van der Waals surface area contributed by atoms with Crippen molar-refractivity contribution in [2.75, 3.05) is 6.54 Å². The van der Waals surface area contributed by atoms with Crippen molar-refractivity contribution in [1.82, 2.24) is 15.1 Å². The third kappa shape index (κ3) is 5.01. The molecule has 0 saturated carbocycles. The summed E-state index contributed by atoms with van der Waals surface area (Å²) >= 11 is 2.63. The zero-order valence-electron chi connectivity index (χ0n) is 16.2. The van der Waals surface area contributed by atoms with Gasteiger partial charge in [0.2, 0.25) is 5.13 Å². The van der Waals surface area contributed by atoms with Crippen LogP contribution < -0.4 is 4.74 Å². The van der Waals surface area contributed by atoms with Crippen LogP contribution in [0.4, 0.5) is 5.13 Å². The molecule has 0 radical (unpaired) electrons. The number of benzene rings is 1. The number of nitrogens with zero attached hydrogens (tertiary/aromatic N) is 4. The predicted molar refractivity (Wildman–Crippen MR) is 113 cm³/mol. The number of rotatable bonds is 7. The van der Waals surface area contributed by atoms with E-state index >= 15 is 0 Å². The Morgan fingerprint density at radius 3 is 2.79 bits per heavy atom. The lowest BCUT2D eigenvalue weighted by Crippen LogP contribution is -2.28. The van der Waals surface area contributed by atoms with Crippen molar-refractivity contribution in [3.63, 3.8) is 0 Å². The molecule has 2 aromatic rings. The molecule has 0 aliphatic carbocycles. The van der Waals surface area contributed by atoms with Crippen molar-refractivity contribution in [2.24, 2.45) is 4.99 Å². The van der Waals surface area contributed by atoms with Crippen LogP contribution >= 0.6 is 23.1 Å². The first-order chi connectivity index (χ1) is 13.9. The number of carboxylic acids is 1. The zero-order chi connectivity index (χ0) is 21.0. The van der Waals surface area contributed by atoms with Crippen molar-refractivity contribution in [1.29, 1.82) is 0 Å². The molecule has 29 heavy (non-hydrogen) atoms. The van der Waals surface area contributed by atoms with E-state index < -0.39 is 12.1 Å². The van der Waals surface area contributed by atoms with Crippen LogP contribution in [0.3, 0.4) is 0 Å². The quantitative estimate of drug-likeness (QED) is 0.665. The smallest absolute Gasteiger partial charge is 0.344 e. The summed E-state index contributed by atoms with van der Waals surface area (Å²) in [4.78, 5) is 30.5. The maximum atomic E-state index is 12.8. The second-order valence-electron chi connectivity index (χ2n) is 6.08. The molecule has 1 fully saturated rings. The molecule has 1 atom stereocenters. The highest BCUT2D eigenvalue weighted by Gasteiger charge is 2.32. The number of amides is 1. The van der Waals surface area contributed by atoms with E-state index in [1.165, 1.54) is 23.1 Å². The van der Waals surface area contributed by atoms with Crippen LogP contribution in [0.5, 0.6) is 5.75 Å². The second kappa shape index (κ2) is 9.19. The average molecular weight is 433 g/mol. The van der Waals surface area contributed by atoms with Crippen LogP contribution in [-0.2, 0) is 9.59 Å². The number of aliphatic carboxylic acids is 1. The molecule has 2 heterocycles. The Hall–Kier alpha value is -2.72. The van der Waals surface area contributed by atoms with Gasteiger partial charge < -0.3 is 9.84 Å². The highest BCUT2D eigenvalue weighted by molar-refractivity contribution is 8.18. The van der Waals surface area contributed by atoms with E-state index in [0.717, 1.165) is 10.6 Å². The Morgan fingerprint density at radius 1 is 1.38 bits per heavy atom. The van der Waals surface area contributed by atoms with Gasteiger partial charge in [-0.05, 0) is 55.8 Å². The van der Waals surface area contributed by atoms with Gasteiger partial charge in [-0.25, -0.2) is 4.79 Å². The van der Waals surface area contributed by atoms with Gasteiger partial charge in [-0.1, -0.05) is 30.4 Å². The van der Waals surface area contributed by atoms with Crippen molar-refractivity contribution < 1.29 is 19.4 Å². The van der Waals surface area contributed by atoms with Gasteiger partial charge in [0, 0.05) is 6.54 Å². The fourth-order valence-corrected chi connectivity index (χ4v) is 4.25. The van der Waals surface area contributed by atoms with Gasteiger partial charge in [-0.15, -0.1) is 10.2 Å². The van der Waals surface area contributed by atoms with Crippen LogP contribution in [0.1, 0.15) is 30.8 Å². The molecule has 1 aromatic heterocycles. The van der Waals surface area contributed by atoms with E-state index in [9.17, 15) is 9.59 Å². The lowest BCUT2D eigenvalue weighted by molar-refractivity contribution is -0.145. The SMILES string of the molecule is CCC(Oc1cccc(/C=C2/S/C(=N/c3nnc(C)s3)N(CC)C2=O)c1)C(=O)O. The number of hydrogen-bond donors (Lipinski definition) is 1. The minimum atomic E-state index is -1.01. The van der Waals surface area contributed by atoms with Gasteiger partial charge in [-0.2, -0.15) is 4.99 Å². The summed E-state index contributed by atoms with van der Waals surface area (Å²) in [5, 5.41) is 19.0. The van der Waals surface area contributed by atoms with E-state index in [4.69, 9.17) is 9.84 Å². The third-order valence-corrected chi connectivity index (χ3v) is 5.73. The lowest BCUT2D eigenvalue weighted by Gasteiger charge is -2.13. The molecular formula is C19H20N4O4S2. The summed E-state index contributed by atoms with van der Waals surface area (Å²) < 4.78 is 5.53. The molecule has 1 aromatic carbocycles. The third-order valence-electron chi connectivity index (χ3n) is 3.99. The van der Waals surface area contributed by atoms with Gasteiger partial charge >= 0.3 is 5.97 Å². The number of amidine groups is 1. The Balaban J connectivity index is 1.84. The first-order valence-electron chi connectivity index (χ1n) is 9.01. The fraction of sp³-hybridized carbons (Fsp3) is 0.316. The Kier molecular flexibility index (Phi) is 6.65. The second-order valence-corrected chi connectivity index (χ2v) is 8.25. The number of carbonyl (C=O) groups excluding carboxylic acids is 1. The van der Waals surface area contributed by atoms with Crippen LogP contribution in [-0.4, -0.2) is 49.9 Å². The predicted octanol–water partition coefficient (Wildman–Crippen LogP) is 3.71. The molecule has 8 nitrogen and oxygen atoms in total. The Bertz CT molecular complexity index is 986. The monoisotopic (exact) mass is 432 g/mol. The number of aryl methyl sites for hydroxylation is 1. The molecule has 1 N–H and O–H groups in total. The average Bonchev–Trinajstić information content (AvgIpc) is 3.22. The number of carbonyl (C=O) groups is 2. The summed E-state index contributed by atoms with van der Waals surface area (Å²) in [6.45, 7) is 5.96. The van der Waals surface area contributed by atoms with Crippen LogP contribution in [0.25, 0.3) is 6.08 Å². The summed E-state index contributed by atoms with van der Waals surface area (Å²) in [5.41, 5.74) is 0.739. The van der Waals surface area contributed by atoms with Crippen LogP contribution in [0.2, 0.25) is 0 Å². The normalized spacial score (nSPS) is 17.9. The molecule has 1 aliphatic heterocycles. The minimum Gasteiger partial charge on any atom is -0.479 e. The molecule has 1 amide bonds. The van der Waals surface area contributed by atoms with Crippen molar-refractivity contribution >= 4 is 51.4 Å². The molecule has 1 saturated heterocycles. The molecule has 0 bridgehead atoms. The number of aliphatic imine (C=N–C) groups is 1. The number of ether oxygens (including phenoxy) is 1. The van der Waals surface area contributed by atoms with Gasteiger partial charge in [-0.3, -0.25) is 9.69 Å². The summed E-state index contributed by atoms with van der Waals surface area (Å²) in [7, 11) is 0. The largest absolute Gasteiger partial charge is 0.479 e. The van der Waals surface area contributed by atoms with Gasteiger partial charge in [0.05, 0.1) is 4.91 Å². The lowest BCUT2D eigenvalue weighted by atomic mass is 10.2. The van der Waals surface area contributed by atoms with Crippen molar-refractivity contribution in [3.8, 4) is 5.75 Å². The summed E-state index contributed by atoms with van der Waals surface area (Å²) in [6.07, 6.45) is 1.19. The van der Waals surface area contributed by atoms with Gasteiger partial charge in [0.15, 0.2) is 11.3 Å². The molecule has 1 unspecified atom stereocenters. The first-order valence-corrected chi connectivity index (χ1v) is 10.6. The van der Waals surface area contributed by atoms with Crippen molar-refractivity contribution in [2.45, 2.75) is 33.3 Å². The highest BCUT2D eigenvalue weighted by Crippen LogP contribution is 2.34. The summed E-state index contributed by atoms with van der Waals surface area (Å²) in [6, 6.07) is 7.00. The molecule has 1 aliphatic rings. The summed E-state index contributed by atoms with van der Waals surface area (Å²) in [5.74, 6) is -0.709. The molecule has 152 valence electrons. The highest BCUT2D eigenvalue weighted by atomic mass is 32.2. The van der Waals surface area contributed by atoms with Crippen LogP contribution in [0, 0.1) is 6.92 Å². The van der Waals surface area contributed by atoms with E-state index in [1.807, 2.05) is 19.9 Å². The van der Waals surface area contributed by atoms with Crippen molar-refractivity contribution in [3.05, 3.63) is 39.7 Å². The number of likely N-dealkylation sites (N-methyl/N-ethyl adjacent to an activating group) is 1. The number of carboxylic acid groups (broad SMARTS) is 1. The maximum Gasteiger partial charge on any atom is 0.344 e. The maximum absolute atomic E-state index is 12.8. The molecule has 10 heteroatoms. The first kappa shape index (κ1) is 21.0. The number of thioether (sulfide) groups is 1. The zero-order valence-corrected chi connectivity index (χ0v) is 17.8. The van der Waals surface area contributed by atoms with Gasteiger partial charge in [0.1, 0.15) is 10.8 Å². The number of hydrogen-bond acceptors (Lipinski definition) is 8. The molecular weight excluding hydrogens is 412 g/mol. The van der Waals surface area contributed by atoms with E-state index in [0.29, 0.717) is 33.9 Å². The van der Waals surface area contributed by atoms with E-state index in [-0.39, 0.29) is 5.91 Å². The Morgan fingerprint density at radius 2 is 2.17 bits per heavy atom. The molecule has 0 spiro atoms. The topological polar surface area (TPSA) is 105 Å². The Labute approximate surface area is 176 Å². The van der Waals surface area contributed by atoms with E-state index in [1.54, 1.807) is 36.1 Å². The van der Waals surface area contributed by atoms with E-state index in [2.05, 4.69) is 15.2 Å². The number of aromatic nitrogens is 2.